The largest absolute Gasteiger partial charge is 0.870 e. The third kappa shape index (κ3) is 5.84. The molecule has 0 saturated carbocycles. The van der Waals surface area contributed by atoms with Crippen LogP contribution in [0.25, 0.3) is 10.9 Å². The lowest BCUT2D eigenvalue weighted by atomic mass is 9.73. The number of hydrogen-bond acceptors (Lipinski definition) is 4. The van der Waals surface area contributed by atoms with Crippen LogP contribution in [0.2, 0.25) is 0 Å². The van der Waals surface area contributed by atoms with E-state index in [1.807, 2.05) is 71.6 Å². The van der Waals surface area contributed by atoms with Crippen molar-refractivity contribution in [1.29, 1.82) is 0 Å². The smallest absolute Gasteiger partial charge is 0.331 e. The van der Waals surface area contributed by atoms with Gasteiger partial charge in [0, 0.05) is 36.1 Å². The van der Waals surface area contributed by atoms with Gasteiger partial charge in [0.15, 0.2) is 6.21 Å². The summed E-state index contributed by atoms with van der Waals surface area (Å²) < 4.78 is 4.10. The molecule has 3 rings (SSSR count). The number of nitrogens with zero attached hydrogens (tertiary/aromatic N) is 3. The van der Waals surface area contributed by atoms with Gasteiger partial charge >= 0.3 is 5.97 Å². The molecule has 0 saturated heterocycles. The van der Waals surface area contributed by atoms with Crippen LogP contribution in [0.3, 0.4) is 0 Å². The van der Waals surface area contributed by atoms with Gasteiger partial charge in [0.2, 0.25) is 11.9 Å². The fourth-order valence-electron chi connectivity index (χ4n) is 5.97. The summed E-state index contributed by atoms with van der Waals surface area (Å²) in [6.45, 7) is 15.4. The van der Waals surface area contributed by atoms with Crippen LogP contribution in [0.4, 0.5) is 0 Å². The highest BCUT2D eigenvalue weighted by Gasteiger charge is 2.51. The fourth-order valence-corrected chi connectivity index (χ4v) is 5.97. The van der Waals surface area contributed by atoms with E-state index in [1.165, 1.54) is 6.92 Å². The van der Waals surface area contributed by atoms with Crippen LogP contribution < -0.4 is 5.32 Å². The fraction of sp³-hybridized carbons (Fsp3) is 0.548. The van der Waals surface area contributed by atoms with Crippen LogP contribution in [0.5, 0.6) is 0 Å². The molecule has 0 bridgehead atoms. The van der Waals surface area contributed by atoms with E-state index in [2.05, 4.69) is 35.9 Å². The van der Waals surface area contributed by atoms with E-state index >= 15 is 0 Å². The summed E-state index contributed by atoms with van der Waals surface area (Å²) in [6.07, 6.45) is 3.63. The van der Waals surface area contributed by atoms with Gasteiger partial charge in [-0.3, -0.25) is 9.59 Å². The second-order valence-electron chi connectivity index (χ2n) is 12.9. The standard InChI is InChI=1S/C31H44N4O4.H2O/c1-18(2)22(16-19(3)29(38)39)35(11)28(37)25(30(4,5)6)32-27(36)26-31(7,8)24-20-14-12-13-15-21(20)34(10)23(24)17-33(26)9;/h12-18,22,25-26H,1-11H3,(H-,32,36,38,39);1H2/b19-16+;. The Bertz CT molecular complexity index is 1360. The Morgan fingerprint density at radius 1 is 1.18 bits per heavy atom. The first-order chi connectivity index (χ1) is 17.9. The third-order valence-electron chi connectivity index (χ3n) is 8.10. The number of amides is 2. The number of carboxylic acids is 1. The van der Waals surface area contributed by atoms with Crippen molar-refractivity contribution >= 4 is 34.9 Å². The summed E-state index contributed by atoms with van der Waals surface area (Å²) in [7, 11) is 5.62. The molecule has 3 atom stereocenters. The first-order valence-electron chi connectivity index (χ1n) is 13.5. The average Bonchev–Trinajstić information content (AvgIpc) is 3.11. The van der Waals surface area contributed by atoms with E-state index in [1.54, 1.807) is 18.0 Å². The highest BCUT2D eigenvalue weighted by atomic mass is 16.4. The van der Waals surface area contributed by atoms with Gasteiger partial charge < -0.3 is 25.4 Å². The van der Waals surface area contributed by atoms with Crippen molar-refractivity contribution in [2.45, 2.75) is 78.9 Å². The zero-order chi connectivity index (χ0) is 29.6. The van der Waals surface area contributed by atoms with Gasteiger partial charge in [-0.1, -0.05) is 58.9 Å². The van der Waals surface area contributed by atoms with Crippen molar-refractivity contribution in [1.82, 2.24) is 14.8 Å². The molecule has 3 N–H and O–H groups in total. The van der Waals surface area contributed by atoms with Gasteiger partial charge in [0.05, 0.1) is 11.5 Å². The Kier molecular flexibility index (Phi) is 9.47. The Hall–Kier alpha value is -3.46. The number of nitrogens with one attached hydrogen (secondary N) is 1. The minimum atomic E-state index is -1.02. The van der Waals surface area contributed by atoms with E-state index in [-0.39, 0.29) is 28.8 Å². The van der Waals surface area contributed by atoms with Crippen molar-refractivity contribution in [3.63, 3.8) is 0 Å². The highest BCUT2D eigenvalue weighted by Crippen LogP contribution is 2.40. The molecule has 1 aromatic heterocycles. The van der Waals surface area contributed by atoms with Gasteiger partial charge in [-0.05, 0) is 38.2 Å². The molecule has 9 heteroatoms. The van der Waals surface area contributed by atoms with Gasteiger partial charge in [-0.25, -0.2) is 9.37 Å². The summed E-state index contributed by atoms with van der Waals surface area (Å²) >= 11 is 0. The monoisotopic (exact) mass is 554 g/mol. The lowest BCUT2D eigenvalue weighted by molar-refractivity contribution is -0.531. The molecule has 1 aromatic carbocycles. The zero-order valence-electron chi connectivity index (χ0n) is 25.7. The predicted molar refractivity (Wildman–Crippen MR) is 157 cm³/mol. The lowest BCUT2D eigenvalue weighted by Gasteiger charge is -2.39. The van der Waals surface area contributed by atoms with E-state index in [4.69, 9.17) is 0 Å². The maximum atomic E-state index is 14.1. The zero-order valence-corrected chi connectivity index (χ0v) is 25.7. The minimum absolute atomic E-state index is 0. The molecule has 0 fully saturated rings. The topological polar surface area (TPSA) is 125 Å². The van der Waals surface area contributed by atoms with Crippen LogP contribution in [-0.2, 0) is 26.8 Å². The quantitative estimate of drug-likeness (QED) is 0.398. The maximum absolute atomic E-state index is 14.1. The van der Waals surface area contributed by atoms with E-state index in [0.29, 0.717) is 0 Å². The molecule has 40 heavy (non-hydrogen) atoms. The Morgan fingerprint density at radius 2 is 1.75 bits per heavy atom. The SMILES string of the molecule is C/C(=C\C(C(C)C)N(C)C(=O)C(NC(=O)C1[N+](C)=Cc2c(c3ccccc3n2C)C1(C)C)C(C)(C)C)C(=O)O.[OH-]. The maximum Gasteiger partial charge on any atom is 0.331 e. The number of aryl methyl sites for hydroxylation is 1. The Morgan fingerprint density at radius 3 is 2.27 bits per heavy atom. The molecule has 2 aromatic rings. The molecular formula is C31H46N4O5. The van der Waals surface area contributed by atoms with Gasteiger partial charge in [0.1, 0.15) is 18.8 Å². The van der Waals surface area contributed by atoms with E-state index in [0.717, 1.165) is 22.2 Å². The number of benzene rings is 1. The average molecular weight is 555 g/mol. The summed E-state index contributed by atoms with van der Waals surface area (Å²) in [5, 5.41) is 13.6. The summed E-state index contributed by atoms with van der Waals surface area (Å²) in [5.74, 6) is -1.52. The lowest BCUT2D eigenvalue weighted by Crippen LogP contribution is -2.61. The van der Waals surface area contributed by atoms with Crippen molar-refractivity contribution in [2.24, 2.45) is 18.4 Å². The summed E-state index contributed by atoms with van der Waals surface area (Å²) in [5.41, 5.74) is 2.33. The number of rotatable bonds is 7. The van der Waals surface area contributed by atoms with Crippen molar-refractivity contribution in [2.75, 3.05) is 14.1 Å². The highest BCUT2D eigenvalue weighted by molar-refractivity contribution is 5.98. The van der Waals surface area contributed by atoms with Gasteiger partial charge in [-0.15, -0.1) is 0 Å². The first-order valence-corrected chi connectivity index (χ1v) is 13.5. The van der Waals surface area contributed by atoms with Gasteiger partial charge in [-0.2, -0.15) is 0 Å². The Balaban J connectivity index is 0.00000560. The van der Waals surface area contributed by atoms with Crippen LogP contribution in [0.15, 0.2) is 35.9 Å². The number of likely N-dealkylation sites (N-methyl/N-ethyl adjacent to an activating group) is 2. The molecule has 3 unspecified atom stereocenters. The molecule has 1 aliphatic heterocycles. The summed E-state index contributed by atoms with van der Waals surface area (Å²) in [6, 6.07) is 6.42. The number of carboxylic acid groups (broad SMARTS) is 1. The molecule has 220 valence electrons. The normalized spacial score (nSPS) is 18.4. The number of hydrogen-bond donors (Lipinski definition) is 2. The molecule has 9 nitrogen and oxygen atoms in total. The molecule has 0 spiro atoms. The minimum Gasteiger partial charge on any atom is -0.870 e. The number of aromatic nitrogens is 1. The molecule has 0 aliphatic carbocycles. The number of carbonyl (C=O) groups is 3. The van der Waals surface area contributed by atoms with Crippen molar-refractivity contribution in [3.05, 3.63) is 47.2 Å². The second-order valence-corrected chi connectivity index (χ2v) is 12.9. The van der Waals surface area contributed by atoms with Crippen LogP contribution in [-0.4, -0.2) is 80.8 Å². The van der Waals surface area contributed by atoms with Crippen molar-refractivity contribution < 1.29 is 29.5 Å². The molecular weight excluding hydrogens is 508 g/mol. The molecule has 2 amide bonds. The molecule has 1 aliphatic rings. The number of aliphatic carboxylic acids is 1. The van der Waals surface area contributed by atoms with Crippen molar-refractivity contribution in [3.8, 4) is 0 Å². The number of fused-ring (bicyclic) bond motifs is 3. The third-order valence-corrected chi connectivity index (χ3v) is 8.10. The second kappa shape index (κ2) is 11.6. The molecule has 2 heterocycles. The Labute approximate surface area is 237 Å². The number of para-hydroxylation sites is 1. The predicted octanol–water partition coefficient (Wildman–Crippen LogP) is 3.77. The molecule has 0 radical (unpaired) electrons. The van der Waals surface area contributed by atoms with Crippen LogP contribution in [0, 0.1) is 11.3 Å². The van der Waals surface area contributed by atoms with Crippen LogP contribution in [0.1, 0.15) is 66.6 Å². The van der Waals surface area contributed by atoms with E-state index < -0.39 is 34.9 Å². The summed E-state index contributed by atoms with van der Waals surface area (Å²) in [4.78, 5) is 41.1. The van der Waals surface area contributed by atoms with Crippen LogP contribution >= 0.6 is 0 Å². The van der Waals surface area contributed by atoms with Gasteiger partial charge in [0.25, 0.3) is 5.91 Å². The van der Waals surface area contributed by atoms with E-state index in [9.17, 15) is 19.5 Å². The first kappa shape index (κ1) is 32.8. The number of carbonyl (C=O) groups excluding carboxylic acids is 2.